The van der Waals surface area contributed by atoms with Gasteiger partial charge in [-0.1, -0.05) is 11.6 Å². The molecule has 1 atom stereocenters. The number of nitrogen functional groups attached to an aromatic ring is 1. The second-order valence-electron chi connectivity index (χ2n) is 10.8. The number of anilines is 1. The topological polar surface area (TPSA) is 218 Å². The van der Waals surface area contributed by atoms with Gasteiger partial charge in [0.05, 0.1) is 34.3 Å². The standard InChI is InChI=1S/C24H28ClN7O3.2C2HF3O2/c1-6-35-20-15(13(3)32-22-18(12(2)30-32)21(27)28-11-29-22)7-17(25)16(8-26)19(20)14-9-31(10-14)24(4,5)23(33)34;2*3-2(4,5)1(6)7/h7,11,13-14H,6,9-10H2,1-5H3,(H,33,34)(H2,27,28,29);2*(H,6,7). The van der Waals surface area contributed by atoms with Crippen LogP contribution in [0.5, 0.6) is 5.75 Å². The maximum atomic E-state index is 11.7. The van der Waals surface area contributed by atoms with Gasteiger partial charge in [0.1, 0.15) is 29.5 Å². The molecular formula is C28H30ClF6N7O7. The summed E-state index contributed by atoms with van der Waals surface area (Å²) in [4.78, 5) is 39.8. The van der Waals surface area contributed by atoms with Crippen molar-refractivity contribution in [3.63, 3.8) is 0 Å². The van der Waals surface area contributed by atoms with E-state index < -0.39 is 35.8 Å². The SMILES string of the molecule is CCOc1c(C(C)n2nc(C)c3c(N)ncnc32)cc(Cl)c(C#N)c1C1CN(C(C)(C)C(=O)O)C1.O=C(O)C(F)(F)F.O=C(O)C(F)(F)F. The predicted molar refractivity (Wildman–Crippen MR) is 159 cm³/mol. The minimum Gasteiger partial charge on any atom is -0.493 e. The summed E-state index contributed by atoms with van der Waals surface area (Å²) in [7, 11) is 0. The number of nitrogens with zero attached hydrogens (tertiary/aromatic N) is 6. The molecule has 3 heterocycles. The van der Waals surface area contributed by atoms with Gasteiger partial charge in [-0.15, -0.1) is 0 Å². The van der Waals surface area contributed by atoms with Gasteiger partial charge in [0.25, 0.3) is 0 Å². The molecule has 0 aliphatic carbocycles. The van der Waals surface area contributed by atoms with Crippen LogP contribution in [-0.2, 0) is 14.4 Å². The number of hydrogen-bond donors (Lipinski definition) is 4. The van der Waals surface area contributed by atoms with Gasteiger partial charge in [0.15, 0.2) is 5.65 Å². The Morgan fingerprint density at radius 3 is 2.02 bits per heavy atom. The Morgan fingerprint density at radius 1 is 1.08 bits per heavy atom. The predicted octanol–water partition coefficient (Wildman–Crippen LogP) is 4.78. The van der Waals surface area contributed by atoms with Crippen molar-refractivity contribution in [2.45, 2.75) is 64.5 Å². The third kappa shape index (κ3) is 8.97. The Balaban J connectivity index is 0.000000500. The van der Waals surface area contributed by atoms with Crippen molar-refractivity contribution in [3.05, 3.63) is 39.8 Å². The van der Waals surface area contributed by atoms with Crippen molar-refractivity contribution >= 4 is 46.4 Å². The molecule has 0 bridgehead atoms. The number of nitrogens with two attached hydrogens (primary N) is 1. The van der Waals surface area contributed by atoms with E-state index in [1.54, 1.807) is 24.6 Å². The first kappa shape index (κ1) is 40.3. The number of carboxylic acid groups (broad SMARTS) is 3. The Hall–Kier alpha value is -4.90. The number of nitriles is 1. The smallest absolute Gasteiger partial charge is 0.490 e. The van der Waals surface area contributed by atoms with Gasteiger partial charge in [0.2, 0.25) is 0 Å². The third-order valence-corrected chi connectivity index (χ3v) is 7.59. The number of carboxylic acids is 3. The van der Waals surface area contributed by atoms with E-state index in [4.69, 9.17) is 41.9 Å². The summed E-state index contributed by atoms with van der Waals surface area (Å²) in [5.74, 6) is -5.60. The highest BCUT2D eigenvalue weighted by Gasteiger charge is 2.45. The number of fused-ring (bicyclic) bond motifs is 1. The van der Waals surface area contributed by atoms with Crippen LogP contribution in [0.1, 0.15) is 62.0 Å². The van der Waals surface area contributed by atoms with Crippen molar-refractivity contribution in [3.8, 4) is 11.8 Å². The van der Waals surface area contributed by atoms with E-state index >= 15 is 0 Å². The van der Waals surface area contributed by atoms with Crippen LogP contribution in [0.25, 0.3) is 11.0 Å². The van der Waals surface area contributed by atoms with Gasteiger partial charge in [0, 0.05) is 30.1 Å². The highest BCUT2D eigenvalue weighted by atomic mass is 35.5. The summed E-state index contributed by atoms with van der Waals surface area (Å²) in [6, 6.07) is 3.62. The molecule has 268 valence electrons. The summed E-state index contributed by atoms with van der Waals surface area (Å²) in [5.41, 5.74) is 8.14. The monoisotopic (exact) mass is 725 g/mol. The first-order chi connectivity index (χ1) is 22.4. The number of hydrogen-bond acceptors (Lipinski definition) is 10. The molecule has 0 saturated carbocycles. The van der Waals surface area contributed by atoms with Crippen molar-refractivity contribution in [1.29, 1.82) is 5.26 Å². The molecule has 1 unspecified atom stereocenters. The van der Waals surface area contributed by atoms with Gasteiger partial charge < -0.3 is 25.8 Å². The Morgan fingerprint density at radius 2 is 1.59 bits per heavy atom. The summed E-state index contributed by atoms with van der Waals surface area (Å²) >= 11 is 6.63. The van der Waals surface area contributed by atoms with Crippen LogP contribution in [0, 0.1) is 18.3 Å². The Bertz CT molecular complexity index is 1740. The lowest BCUT2D eigenvalue weighted by Crippen LogP contribution is -2.59. The fourth-order valence-corrected chi connectivity index (χ4v) is 4.88. The van der Waals surface area contributed by atoms with E-state index in [9.17, 15) is 41.5 Å². The summed E-state index contributed by atoms with van der Waals surface area (Å²) in [6.45, 7) is 10.3. The van der Waals surface area contributed by atoms with Crippen LogP contribution in [0.4, 0.5) is 32.2 Å². The number of benzene rings is 1. The molecule has 5 N–H and O–H groups in total. The van der Waals surface area contributed by atoms with E-state index in [0.717, 1.165) is 5.56 Å². The Labute approximate surface area is 278 Å². The number of likely N-dealkylation sites (tertiary alicyclic amines) is 1. The molecule has 1 aliphatic rings. The third-order valence-electron chi connectivity index (χ3n) is 7.30. The largest absolute Gasteiger partial charge is 0.493 e. The quantitative estimate of drug-likeness (QED) is 0.241. The molecule has 4 rings (SSSR count). The highest BCUT2D eigenvalue weighted by molar-refractivity contribution is 6.32. The molecule has 0 radical (unpaired) electrons. The van der Waals surface area contributed by atoms with Crippen molar-refractivity contribution in [2.75, 3.05) is 25.4 Å². The maximum absolute atomic E-state index is 11.7. The minimum atomic E-state index is -5.08. The van der Waals surface area contributed by atoms with Gasteiger partial charge in [-0.2, -0.15) is 36.7 Å². The fourth-order valence-electron chi connectivity index (χ4n) is 4.61. The molecule has 1 fully saturated rings. The van der Waals surface area contributed by atoms with E-state index in [0.29, 0.717) is 64.1 Å². The highest BCUT2D eigenvalue weighted by Crippen LogP contribution is 2.45. The minimum absolute atomic E-state index is 0.108. The normalized spacial score (nSPS) is 14.3. The van der Waals surface area contributed by atoms with Gasteiger partial charge in [-0.3, -0.25) is 9.69 Å². The number of aliphatic carboxylic acids is 3. The molecule has 2 aromatic heterocycles. The number of rotatable bonds is 7. The first-order valence-corrected chi connectivity index (χ1v) is 14.2. The fraction of sp³-hybridized carbons (Fsp3) is 0.464. The van der Waals surface area contributed by atoms with Crippen LogP contribution in [0.15, 0.2) is 12.4 Å². The Kier molecular flexibility index (Phi) is 12.4. The lowest BCUT2D eigenvalue weighted by atomic mass is 9.82. The zero-order valence-corrected chi connectivity index (χ0v) is 27.1. The van der Waals surface area contributed by atoms with Crippen LogP contribution in [0.2, 0.25) is 5.02 Å². The second kappa shape index (κ2) is 15.1. The van der Waals surface area contributed by atoms with Gasteiger partial charge in [-0.05, 0) is 40.7 Å². The number of carbonyl (C=O) groups is 3. The van der Waals surface area contributed by atoms with Crippen molar-refractivity contribution in [1.82, 2.24) is 24.6 Å². The van der Waals surface area contributed by atoms with Crippen molar-refractivity contribution < 1.29 is 60.8 Å². The number of ether oxygens (including phenoxy) is 1. The van der Waals surface area contributed by atoms with Crippen LogP contribution in [0.3, 0.4) is 0 Å². The summed E-state index contributed by atoms with van der Waals surface area (Å²) in [6.07, 6.45) is -8.77. The number of alkyl halides is 6. The van der Waals surface area contributed by atoms with Gasteiger partial charge >= 0.3 is 30.3 Å². The zero-order chi connectivity index (χ0) is 37.8. The number of halogens is 7. The van der Waals surface area contributed by atoms with Crippen LogP contribution in [-0.4, -0.2) is 95.5 Å². The first-order valence-electron chi connectivity index (χ1n) is 13.8. The van der Waals surface area contributed by atoms with Crippen LogP contribution < -0.4 is 10.5 Å². The molecule has 49 heavy (non-hydrogen) atoms. The molecule has 1 aromatic carbocycles. The molecule has 21 heteroatoms. The molecule has 14 nitrogen and oxygen atoms in total. The average Bonchev–Trinajstić information content (AvgIpc) is 3.30. The molecule has 0 amide bonds. The molecule has 3 aromatic rings. The lowest BCUT2D eigenvalue weighted by Gasteiger charge is -2.47. The van der Waals surface area contributed by atoms with E-state index in [2.05, 4.69) is 21.1 Å². The average molecular weight is 726 g/mol. The van der Waals surface area contributed by atoms with Crippen LogP contribution >= 0.6 is 11.6 Å². The van der Waals surface area contributed by atoms with E-state index in [1.807, 2.05) is 25.7 Å². The maximum Gasteiger partial charge on any atom is 0.490 e. The van der Waals surface area contributed by atoms with E-state index in [1.165, 1.54) is 6.33 Å². The molecule has 1 saturated heterocycles. The molecular weight excluding hydrogens is 696 g/mol. The summed E-state index contributed by atoms with van der Waals surface area (Å²) in [5, 5.41) is 39.5. The molecule has 1 aliphatic heterocycles. The summed E-state index contributed by atoms with van der Waals surface area (Å²) < 4.78 is 71.4. The molecule has 0 spiro atoms. The number of aryl methyl sites for hydroxylation is 1. The van der Waals surface area contributed by atoms with E-state index in [-0.39, 0.29) is 12.0 Å². The second-order valence-corrected chi connectivity index (χ2v) is 11.3. The lowest BCUT2D eigenvalue weighted by molar-refractivity contribution is -0.193. The zero-order valence-electron chi connectivity index (χ0n) is 26.3. The van der Waals surface area contributed by atoms with Gasteiger partial charge in [-0.25, -0.2) is 24.2 Å². The van der Waals surface area contributed by atoms with Crippen molar-refractivity contribution in [2.24, 2.45) is 0 Å². The number of aromatic nitrogens is 4.